The number of amides is 1. The van der Waals surface area contributed by atoms with Crippen molar-refractivity contribution in [2.24, 2.45) is 29.1 Å². The zero-order valence-corrected chi connectivity index (χ0v) is 49.6. The number of thiocarbonyl (C=S) groups is 1. The Bertz CT molecular complexity index is 1890. The van der Waals surface area contributed by atoms with Gasteiger partial charge in [-0.05, 0) is 79.2 Å². The Labute approximate surface area is 479 Å². The van der Waals surface area contributed by atoms with Gasteiger partial charge in [0.15, 0.2) is 12.4 Å². The molecule has 13 atom stereocenters. The summed E-state index contributed by atoms with van der Waals surface area (Å²) in [4.78, 5) is 71.7. The van der Waals surface area contributed by atoms with Crippen molar-refractivity contribution in [3.8, 4) is 0 Å². The predicted octanol–water partition coefficient (Wildman–Crippen LogP) is 2.34. The van der Waals surface area contributed by atoms with E-state index >= 15 is 0 Å². The number of hydrogen-bond donors (Lipinski definition) is 10. The first kappa shape index (κ1) is 71.4. The molecule has 2 rings (SSSR count). The summed E-state index contributed by atoms with van der Waals surface area (Å²) in [6.07, 6.45) is -13.7. The Morgan fingerprint density at radius 2 is 1.40 bits per heavy atom. The van der Waals surface area contributed by atoms with Crippen LogP contribution in [0.2, 0.25) is 0 Å². The zero-order chi connectivity index (χ0) is 57.5. The molecule has 29 heteroatoms. The van der Waals surface area contributed by atoms with Crippen molar-refractivity contribution >= 4 is 111 Å². The van der Waals surface area contributed by atoms with Gasteiger partial charge >= 0.3 is 23.9 Å². The van der Waals surface area contributed by atoms with Crippen molar-refractivity contribution in [3.63, 3.8) is 0 Å². The molecule has 22 nitrogen and oxygen atoms in total. The second-order valence-electron chi connectivity index (χ2n) is 18.0. The maximum Gasteiger partial charge on any atom is 0.311 e. The second-order valence-corrected chi connectivity index (χ2v) is 26.3. The number of aliphatic hydroxyl groups is 9. The summed E-state index contributed by atoms with van der Waals surface area (Å²) in [6.45, 7) is 6.64. The van der Waals surface area contributed by atoms with Crippen LogP contribution in [0.5, 0.6) is 0 Å². The fourth-order valence-corrected chi connectivity index (χ4v) is 13.7. The van der Waals surface area contributed by atoms with E-state index in [4.69, 9.17) is 40.6 Å². The van der Waals surface area contributed by atoms with E-state index in [0.29, 0.717) is 17.3 Å². The van der Waals surface area contributed by atoms with Gasteiger partial charge in [0.25, 0.3) is 5.91 Å². The molecule has 0 spiro atoms. The lowest BCUT2D eigenvalue weighted by molar-refractivity contribution is -0.326. The highest BCUT2D eigenvalue weighted by Crippen LogP contribution is 2.37. The SMILES string of the molecule is CCC(CC)C(=S)SSCCOC(=O)C(CC(CC(C)C(=O)OCCSSCCNC(=O)[C@H](O)[C@@H](O)C(O[C@@H]1O[C@H](CO)[C@H](O)[C@H](O)[C@H]1O)[C@H](O)CO)C(=O)OCCSSc1ccccn1)CC(C)(CC)C(=O)OCCO. The Kier molecular flexibility index (Phi) is 36.7. The monoisotopic (exact) mass is 1230 g/mol. The van der Waals surface area contributed by atoms with E-state index < -0.39 is 128 Å². The van der Waals surface area contributed by atoms with Crippen molar-refractivity contribution in [2.75, 3.05) is 75.8 Å². The number of carbonyl (C=O) groups excluding carboxylic acids is 5. The molecule has 1 amide bonds. The molecule has 0 aliphatic carbocycles. The van der Waals surface area contributed by atoms with Crippen LogP contribution in [0, 0.1) is 29.1 Å². The van der Waals surface area contributed by atoms with Gasteiger partial charge in [0, 0.05) is 41.7 Å². The standard InChI is InChI=1S/C48H78N2O20S7/c1-6-29(7-2)46(71)77-75-22-18-67-44(63)31(25-48(5,8-3)47(64)68-15-14-51)24-30(43(62)66-17-21-74-76-34-11-9-10-12-49-34)23-28(4)42(61)65-16-20-73-72-19-13-50-41(60)38(58)37(57)40(32(54)26-52)70-45-39(59)36(56)35(55)33(27-53)69-45/h9-12,28-33,35-40,45,51-59H,6-8,13-27H2,1-5H3,(H,50,60)/t28?,30?,31?,32-,33-,35+,36+,37-,38-,39-,40?,45+,48?/m1/s1. The first-order valence-electron chi connectivity index (χ1n) is 25.2. The molecule has 1 aromatic heterocycles. The van der Waals surface area contributed by atoms with Crippen LogP contribution in [0.1, 0.15) is 73.1 Å². The van der Waals surface area contributed by atoms with E-state index in [-0.39, 0.29) is 70.3 Å². The molecule has 1 aliphatic heterocycles. The van der Waals surface area contributed by atoms with E-state index in [1.165, 1.54) is 64.8 Å². The summed E-state index contributed by atoms with van der Waals surface area (Å²) in [5.41, 5.74) is -1.21. The molecule has 1 saturated heterocycles. The van der Waals surface area contributed by atoms with Crippen LogP contribution >= 0.6 is 77.0 Å². The number of nitrogens with zero attached hydrogens (tertiary/aromatic N) is 1. The van der Waals surface area contributed by atoms with E-state index in [1.54, 1.807) is 33.0 Å². The van der Waals surface area contributed by atoms with Gasteiger partial charge < -0.3 is 79.7 Å². The molecule has 0 aromatic carbocycles. The van der Waals surface area contributed by atoms with Crippen molar-refractivity contribution in [3.05, 3.63) is 24.4 Å². The minimum atomic E-state index is -2.23. The Balaban J connectivity index is 2.06. The van der Waals surface area contributed by atoms with Gasteiger partial charge in [-0.1, -0.05) is 89.2 Å². The van der Waals surface area contributed by atoms with Gasteiger partial charge in [0.1, 0.15) is 74.2 Å². The highest BCUT2D eigenvalue weighted by molar-refractivity contribution is 8.83. The molecular weight excluding hydrogens is 1150 g/mol. The van der Waals surface area contributed by atoms with Crippen LogP contribution in [0.3, 0.4) is 0 Å². The van der Waals surface area contributed by atoms with Gasteiger partial charge in [0.2, 0.25) is 0 Å². The van der Waals surface area contributed by atoms with E-state index in [2.05, 4.69) is 24.1 Å². The number of esters is 4. The fraction of sp³-hybridized carbons (Fsp3) is 0.771. The summed E-state index contributed by atoms with van der Waals surface area (Å²) >= 11 is 5.58. The number of hydrogen-bond acceptors (Lipinski definition) is 28. The topological polar surface area (TPSA) is 348 Å². The van der Waals surface area contributed by atoms with Crippen LogP contribution in [-0.2, 0) is 52.4 Å². The highest BCUT2D eigenvalue weighted by atomic mass is 33.1. The molecule has 442 valence electrons. The fourth-order valence-electron chi connectivity index (χ4n) is 7.45. The van der Waals surface area contributed by atoms with Gasteiger partial charge in [-0.25, -0.2) is 4.98 Å². The average Bonchev–Trinajstić information content (AvgIpc) is 3.43. The highest BCUT2D eigenvalue weighted by Gasteiger charge is 2.48. The molecule has 1 aromatic rings. The number of rotatable bonds is 40. The summed E-state index contributed by atoms with van der Waals surface area (Å²) in [7, 11) is 8.32. The molecule has 5 unspecified atom stereocenters. The van der Waals surface area contributed by atoms with Crippen LogP contribution in [-0.4, -0.2) is 216 Å². The number of aromatic nitrogens is 1. The summed E-state index contributed by atoms with van der Waals surface area (Å²) in [5.74, 6) is -4.84. The number of nitrogens with one attached hydrogen (secondary N) is 1. The van der Waals surface area contributed by atoms with Crippen molar-refractivity contribution in [2.45, 2.75) is 133 Å². The Hall–Kier alpha value is -1.75. The third-order valence-electron chi connectivity index (χ3n) is 12.2. The molecule has 0 saturated carbocycles. The molecule has 0 radical (unpaired) electrons. The van der Waals surface area contributed by atoms with Crippen LogP contribution in [0.4, 0.5) is 0 Å². The number of aliphatic hydroxyl groups excluding tert-OH is 9. The van der Waals surface area contributed by atoms with Crippen LogP contribution in [0.25, 0.3) is 0 Å². The van der Waals surface area contributed by atoms with Crippen LogP contribution in [0.15, 0.2) is 29.4 Å². The van der Waals surface area contributed by atoms with Crippen molar-refractivity contribution in [1.29, 1.82) is 0 Å². The maximum atomic E-state index is 14.0. The first-order valence-corrected chi connectivity index (χ1v) is 32.7. The summed E-state index contributed by atoms with van der Waals surface area (Å²) in [5, 5.41) is 93.6. The third kappa shape index (κ3) is 25.5. The lowest BCUT2D eigenvalue weighted by Crippen LogP contribution is -2.62. The minimum Gasteiger partial charge on any atom is -0.465 e. The van der Waals surface area contributed by atoms with Crippen molar-refractivity contribution in [1.82, 2.24) is 10.3 Å². The van der Waals surface area contributed by atoms with Crippen LogP contribution < -0.4 is 5.32 Å². The smallest absolute Gasteiger partial charge is 0.311 e. The minimum absolute atomic E-state index is 0.0153. The van der Waals surface area contributed by atoms with E-state index in [1.807, 2.05) is 12.1 Å². The third-order valence-corrected chi connectivity index (χ3v) is 20.1. The van der Waals surface area contributed by atoms with E-state index in [9.17, 15) is 69.9 Å². The summed E-state index contributed by atoms with van der Waals surface area (Å²) in [6, 6.07) is 5.50. The Morgan fingerprint density at radius 1 is 0.779 bits per heavy atom. The molecule has 77 heavy (non-hydrogen) atoms. The summed E-state index contributed by atoms with van der Waals surface area (Å²) < 4.78 is 33.8. The maximum absolute atomic E-state index is 14.0. The van der Waals surface area contributed by atoms with E-state index in [0.717, 1.165) is 22.1 Å². The van der Waals surface area contributed by atoms with Crippen molar-refractivity contribution < 1.29 is 98.4 Å². The predicted molar refractivity (Wildman–Crippen MR) is 300 cm³/mol. The normalized spacial score (nSPS) is 21.1. The largest absolute Gasteiger partial charge is 0.465 e. The van der Waals surface area contributed by atoms with Gasteiger partial charge in [0.05, 0.1) is 47.2 Å². The number of ether oxygens (including phenoxy) is 6. The average molecular weight is 1230 g/mol. The molecular formula is C48H78N2O20S7. The second kappa shape index (κ2) is 39.6. The lowest BCUT2D eigenvalue weighted by Gasteiger charge is -2.42. The Morgan fingerprint density at radius 3 is 2.00 bits per heavy atom. The molecule has 0 bridgehead atoms. The lowest BCUT2D eigenvalue weighted by atomic mass is 9.75. The molecule has 10 N–H and O–H groups in total. The quantitative estimate of drug-likeness (QED) is 0.0148. The van der Waals surface area contributed by atoms with Gasteiger partial charge in [-0.3, -0.25) is 24.0 Å². The number of carbonyl (C=O) groups is 5. The number of pyridine rings is 1. The molecule has 2 heterocycles. The first-order chi connectivity index (χ1) is 36.7. The molecule has 1 fully saturated rings. The molecule has 1 aliphatic rings. The zero-order valence-electron chi connectivity index (χ0n) is 43.9. The van der Waals surface area contributed by atoms with Gasteiger partial charge in [-0.2, -0.15) is 0 Å². The van der Waals surface area contributed by atoms with Gasteiger partial charge in [-0.15, -0.1) is 0 Å².